The fraction of sp³-hybridized carbons (Fsp3) is 0.368. The molecule has 2 aromatic heterocycles. The molecule has 0 saturated carbocycles. The summed E-state index contributed by atoms with van der Waals surface area (Å²) >= 11 is 0.786. The van der Waals surface area contributed by atoms with E-state index in [1.165, 1.54) is 20.8 Å². The Balaban J connectivity index is 2.44. The molecule has 28 heavy (non-hydrogen) atoms. The van der Waals surface area contributed by atoms with Crippen LogP contribution in [0.15, 0.2) is 11.1 Å². The maximum atomic E-state index is 13.2. The summed E-state index contributed by atoms with van der Waals surface area (Å²) in [6, 6.07) is 2.37. The summed E-state index contributed by atoms with van der Waals surface area (Å²) in [5, 5.41) is 8.27. The van der Waals surface area contributed by atoms with Crippen molar-refractivity contribution < 1.29 is 22.8 Å². The standard InChI is InChI=1S/C19H18F3N3O2S/c1-8-6-14(19(20,21)22)13(7-23)18(24-8)28-12(5)17(27)16-9(2)15(11(4)26)10(3)25-16/h6,12,25H,1-5H3. The first-order valence-corrected chi connectivity index (χ1v) is 9.16. The molecule has 0 spiro atoms. The monoisotopic (exact) mass is 409 g/mol. The van der Waals surface area contributed by atoms with Crippen LogP contribution in [0.3, 0.4) is 0 Å². The summed E-state index contributed by atoms with van der Waals surface area (Å²) in [5.41, 5.74) is 0.116. The number of hydrogen-bond donors (Lipinski definition) is 1. The number of nitriles is 1. The first-order valence-electron chi connectivity index (χ1n) is 8.28. The minimum Gasteiger partial charge on any atom is -0.355 e. The molecular weight excluding hydrogens is 391 g/mol. The predicted octanol–water partition coefficient (Wildman–Crippen LogP) is 4.79. The number of rotatable bonds is 5. The molecule has 2 rings (SSSR count). The van der Waals surface area contributed by atoms with Gasteiger partial charge < -0.3 is 4.98 Å². The van der Waals surface area contributed by atoms with Crippen LogP contribution in [0.25, 0.3) is 0 Å². The van der Waals surface area contributed by atoms with Crippen LogP contribution in [0, 0.1) is 32.1 Å². The van der Waals surface area contributed by atoms with Crippen LogP contribution in [-0.4, -0.2) is 26.8 Å². The number of Topliss-reactive ketones (excluding diaryl/α,β-unsaturated/α-hetero) is 2. The molecule has 0 fully saturated rings. The molecule has 5 nitrogen and oxygen atoms in total. The van der Waals surface area contributed by atoms with E-state index in [0.717, 1.165) is 17.8 Å². The van der Waals surface area contributed by atoms with Crippen molar-refractivity contribution in [2.75, 3.05) is 0 Å². The highest BCUT2D eigenvalue weighted by molar-refractivity contribution is 8.00. The molecule has 2 heterocycles. The van der Waals surface area contributed by atoms with Gasteiger partial charge in [0, 0.05) is 17.0 Å². The van der Waals surface area contributed by atoms with E-state index in [2.05, 4.69) is 9.97 Å². The Morgan fingerprint density at radius 2 is 1.89 bits per heavy atom. The van der Waals surface area contributed by atoms with Gasteiger partial charge in [0.05, 0.1) is 22.1 Å². The zero-order valence-electron chi connectivity index (χ0n) is 15.9. The number of carbonyl (C=O) groups excluding carboxylic acids is 2. The third-order valence-electron chi connectivity index (χ3n) is 4.23. The molecule has 1 N–H and O–H groups in total. The van der Waals surface area contributed by atoms with Crippen LogP contribution in [0.2, 0.25) is 0 Å². The van der Waals surface area contributed by atoms with E-state index < -0.39 is 22.6 Å². The molecule has 1 atom stereocenters. The summed E-state index contributed by atoms with van der Waals surface area (Å²) < 4.78 is 39.7. The average Bonchev–Trinajstić information content (AvgIpc) is 2.87. The summed E-state index contributed by atoms with van der Waals surface area (Å²) in [6.07, 6.45) is -4.70. The van der Waals surface area contributed by atoms with Gasteiger partial charge in [-0.2, -0.15) is 18.4 Å². The Hall–Kier alpha value is -2.60. The quantitative estimate of drug-likeness (QED) is 0.567. The van der Waals surface area contributed by atoms with Crippen molar-refractivity contribution >= 4 is 23.3 Å². The summed E-state index contributed by atoms with van der Waals surface area (Å²) in [6.45, 7) is 7.62. The van der Waals surface area contributed by atoms with Gasteiger partial charge in [0.2, 0.25) is 0 Å². The number of aryl methyl sites for hydroxylation is 2. The number of pyridine rings is 1. The third kappa shape index (κ3) is 4.12. The Kier molecular flexibility index (Phi) is 6.04. The van der Waals surface area contributed by atoms with Gasteiger partial charge in [-0.05, 0) is 46.2 Å². The second-order valence-electron chi connectivity index (χ2n) is 6.41. The molecule has 0 aliphatic rings. The number of thioether (sulfide) groups is 1. The van der Waals surface area contributed by atoms with Gasteiger partial charge in [0.1, 0.15) is 11.1 Å². The van der Waals surface area contributed by atoms with Crippen molar-refractivity contribution in [1.82, 2.24) is 9.97 Å². The number of aromatic nitrogens is 2. The van der Waals surface area contributed by atoms with Gasteiger partial charge in [0.25, 0.3) is 0 Å². The number of aromatic amines is 1. The Bertz CT molecular complexity index is 1000. The molecule has 0 aliphatic heterocycles. The zero-order valence-corrected chi connectivity index (χ0v) is 16.7. The molecule has 0 saturated heterocycles. The van der Waals surface area contributed by atoms with Crippen molar-refractivity contribution in [3.05, 3.63) is 45.4 Å². The lowest BCUT2D eigenvalue weighted by atomic mass is 10.0. The lowest BCUT2D eigenvalue weighted by Crippen LogP contribution is -2.17. The zero-order chi connectivity index (χ0) is 21.4. The lowest BCUT2D eigenvalue weighted by molar-refractivity contribution is -0.138. The van der Waals surface area contributed by atoms with Crippen LogP contribution >= 0.6 is 11.8 Å². The van der Waals surface area contributed by atoms with Gasteiger partial charge in [0.15, 0.2) is 11.6 Å². The number of H-pyrrole nitrogens is 1. The van der Waals surface area contributed by atoms with Gasteiger partial charge in [-0.15, -0.1) is 0 Å². The molecule has 2 aromatic rings. The second-order valence-corrected chi connectivity index (χ2v) is 7.74. The Morgan fingerprint density at radius 1 is 1.29 bits per heavy atom. The lowest BCUT2D eigenvalue weighted by Gasteiger charge is -2.15. The summed E-state index contributed by atoms with van der Waals surface area (Å²) in [5.74, 6) is -0.577. The fourth-order valence-electron chi connectivity index (χ4n) is 3.01. The van der Waals surface area contributed by atoms with E-state index in [-0.39, 0.29) is 28.0 Å². The second kappa shape index (κ2) is 7.80. The molecule has 0 radical (unpaired) electrons. The highest BCUT2D eigenvalue weighted by atomic mass is 32.2. The van der Waals surface area contributed by atoms with Crippen LogP contribution in [0.1, 0.15) is 62.8 Å². The van der Waals surface area contributed by atoms with Crippen molar-refractivity contribution in [2.24, 2.45) is 0 Å². The first kappa shape index (κ1) is 21.7. The molecule has 1 unspecified atom stereocenters. The van der Waals surface area contributed by atoms with Crippen LogP contribution in [0.4, 0.5) is 13.2 Å². The van der Waals surface area contributed by atoms with Gasteiger partial charge in [-0.3, -0.25) is 9.59 Å². The topological polar surface area (TPSA) is 86.6 Å². The maximum absolute atomic E-state index is 13.2. The van der Waals surface area contributed by atoms with Crippen molar-refractivity contribution in [1.29, 1.82) is 5.26 Å². The van der Waals surface area contributed by atoms with E-state index in [0.29, 0.717) is 16.8 Å². The number of halogens is 3. The molecule has 0 aromatic carbocycles. The average molecular weight is 409 g/mol. The third-order valence-corrected chi connectivity index (χ3v) is 5.31. The number of hydrogen-bond acceptors (Lipinski definition) is 5. The van der Waals surface area contributed by atoms with Crippen molar-refractivity contribution in [2.45, 2.75) is 51.1 Å². The van der Waals surface area contributed by atoms with Crippen molar-refractivity contribution in [3.63, 3.8) is 0 Å². The van der Waals surface area contributed by atoms with E-state index in [1.807, 2.05) is 0 Å². The van der Waals surface area contributed by atoms with E-state index in [1.54, 1.807) is 19.9 Å². The largest absolute Gasteiger partial charge is 0.417 e. The SMILES string of the molecule is CC(=O)c1c(C)[nH]c(C(=O)C(C)Sc2nc(C)cc(C(F)(F)F)c2C#N)c1C. The smallest absolute Gasteiger partial charge is 0.355 e. The highest BCUT2D eigenvalue weighted by Crippen LogP contribution is 2.37. The minimum absolute atomic E-state index is 0.0965. The number of nitrogens with zero attached hydrogens (tertiary/aromatic N) is 2. The predicted molar refractivity (Wildman–Crippen MR) is 98.6 cm³/mol. The Morgan fingerprint density at radius 3 is 2.36 bits per heavy atom. The van der Waals surface area contributed by atoms with Crippen LogP contribution in [0.5, 0.6) is 0 Å². The van der Waals surface area contributed by atoms with Crippen LogP contribution < -0.4 is 0 Å². The number of nitrogens with one attached hydrogen (secondary N) is 1. The number of ketones is 2. The van der Waals surface area contributed by atoms with Crippen molar-refractivity contribution in [3.8, 4) is 6.07 Å². The molecular formula is C19H18F3N3O2S. The van der Waals surface area contributed by atoms with E-state index in [9.17, 15) is 28.0 Å². The summed E-state index contributed by atoms with van der Waals surface area (Å²) in [7, 11) is 0. The maximum Gasteiger partial charge on any atom is 0.417 e. The Labute approximate surface area is 164 Å². The number of alkyl halides is 3. The van der Waals surface area contributed by atoms with Gasteiger partial charge in [-0.25, -0.2) is 4.98 Å². The molecule has 0 amide bonds. The molecule has 0 bridgehead atoms. The minimum atomic E-state index is -4.70. The molecule has 9 heteroatoms. The van der Waals surface area contributed by atoms with Crippen LogP contribution in [-0.2, 0) is 6.18 Å². The summed E-state index contributed by atoms with van der Waals surface area (Å²) in [4.78, 5) is 31.5. The van der Waals surface area contributed by atoms with Gasteiger partial charge >= 0.3 is 6.18 Å². The van der Waals surface area contributed by atoms with E-state index >= 15 is 0 Å². The fourth-order valence-corrected chi connectivity index (χ4v) is 4.04. The normalized spacial score (nSPS) is 12.5. The van der Waals surface area contributed by atoms with E-state index in [4.69, 9.17) is 0 Å². The van der Waals surface area contributed by atoms with Gasteiger partial charge in [-0.1, -0.05) is 11.8 Å². The molecule has 0 aliphatic carbocycles. The first-order chi connectivity index (χ1) is 12.9. The number of carbonyl (C=O) groups is 2. The highest BCUT2D eigenvalue weighted by Gasteiger charge is 2.36. The molecule has 148 valence electrons.